The average Bonchev–Trinajstić information content (AvgIpc) is 2.66. The molecule has 1 saturated heterocycles. The minimum atomic E-state index is -0.350. The van der Waals surface area contributed by atoms with Gasteiger partial charge in [-0.1, -0.05) is 26.0 Å². The van der Waals surface area contributed by atoms with E-state index in [-0.39, 0.29) is 24.2 Å². The summed E-state index contributed by atoms with van der Waals surface area (Å²) in [5, 5.41) is 2.31. The van der Waals surface area contributed by atoms with Crippen molar-refractivity contribution in [2.24, 2.45) is 5.92 Å². The summed E-state index contributed by atoms with van der Waals surface area (Å²) < 4.78 is 5.57. The summed E-state index contributed by atoms with van der Waals surface area (Å²) in [6.07, 6.45) is 0.241. The molecule has 1 aromatic rings. The normalized spacial score (nSPS) is 19.2. The van der Waals surface area contributed by atoms with Crippen LogP contribution in [0.4, 0.5) is 0 Å². The average molecular weight is 247 g/mol. The van der Waals surface area contributed by atoms with Crippen molar-refractivity contribution in [2.75, 3.05) is 6.61 Å². The summed E-state index contributed by atoms with van der Waals surface area (Å²) in [6, 6.07) is 7.37. The topological polar surface area (TPSA) is 55.4 Å². The van der Waals surface area contributed by atoms with Gasteiger partial charge in [0.2, 0.25) is 11.8 Å². The zero-order valence-electron chi connectivity index (χ0n) is 10.6. The molecular formula is C14H17NO3. The first-order valence-electron chi connectivity index (χ1n) is 6.12. The van der Waals surface area contributed by atoms with Gasteiger partial charge in [0.25, 0.3) is 0 Å². The largest absolute Gasteiger partial charge is 0.493 e. The van der Waals surface area contributed by atoms with Crippen molar-refractivity contribution in [2.45, 2.75) is 26.2 Å². The zero-order valence-corrected chi connectivity index (χ0v) is 10.6. The molecule has 0 bridgehead atoms. The van der Waals surface area contributed by atoms with Crippen molar-refractivity contribution < 1.29 is 14.3 Å². The van der Waals surface area contributed by atoms with E-state index in [0.717, 1.165) is 11.3 Å². The quantitative estimate of drug-likeness (QED) is 0.826. The summed E-state index contributed by atoms with van der Waals surface area (Å²) >= 11 is 0. The molecule has 18 heavy (non-hydrogen) atoms. The lowest BCUT2D eigenvalue weighted by atomic mass is 9.98. The number of ether oxygens (including phenoxy) is 1. The lowest BCUT2D eigenvalue weighted by Gasteiger charge is -2.10. The molecule has 1 heterocycles. The van der Waals surface area contributed by atoms with Crippen LogP contribution in [-0.4, -0.2) is 18.4 Å². The summed E-state index contributed by atoms with van der Waals surface area (Å²) in [4.78, 5) is 22.6. The molecule has 4 heteroatoms. The summed E-state index contributed by atoms with van der Waals surface area (Å²) in [6.45, 7) is 4.84. The van der Waals surface area contributed by atoms with Crippen LogP contribution in [-0.2, 0) is 9.59 Å². The highest BCUT2D eigenvalue weighted by molar-refractivity contribution is 6.06. The number of carbonyl (C=O) groups is 2. The molecule has 1 aliphatic heterocycles. The summed E-state index contributed by atoms with van der Waals surface area (Å²) in [5.41, 5.74) is 0.857. The molecule has 2 rings (SSSR count). The fraction of sp³-hybridized carbons (Fsp3) is 0.429. The van der Waals surface area contributed by atoms with E-state index in [9.17, 15) is 9.59 Å². The molecule has 0 saturated carbocycles. The van der Waals surface area contributed by atoms with Crippen LogP contribution >= 0.6 is 0 Å². The molecule has 1 aliphatic rings. The Morgan fingerprint density at radius 2 is 1.94 bits per heavy atom. The number of carbonyl (C=O) groups excluding carboxylic acids is 2. The first-order valence-corrected chi connectivity index (χ1v) is 6.12. The molecule has 0 aromatic heterocycles. The summed E-state index contributed by atoms with van der Waals surface area (Å²) in [7, 11) is 0. The van der Waals surface area contributed by atoms with Crippen LogP contribution in [0.2, 0.25) is 0 Å². The van der Waals surface area contributed by atoms with Gasteiger partial charge < -0.3 is 4.74 Å². The molecule has 1 aromatic carbocycles. The van der Waals surface area contributed by atoms with Gasteiger partial charge in [0.15, 0.2) is 0 Å². The maximum atomic E-state index is 11.5. The highest BCUT2D eigenvalue weighted by Gasteiger charge is 2.31. The van der Waals surface area contributed by atoms with Gasteiger partial charge in [-0.2, -0.15) is 0 Å². The van der Waals surface area contributed by atoms with Crippen LogP contribution in [0.25, 0.3) is 0 Å². The first kappa shape index (κ1) is 12.6. The Morgan fingerprint density at radius 3 is 2.44 bits per heavy atom. The van der Waals surface area contributed by atoms with Crippen LogP contribution in [0, 0.1) is 5.92 Å². The van der Waals surface area contributed by atoms with Gasteiger partial charge in [0.05, 0.1) is 12.5 Å². The minimum absolute atomic E-state index is 0.204. The van der Waals surface area contributed by atoms with E-state index in [2.05, 4.69) is 19.2 Å². The second-order valence-electron chi connectivity index (χ2n) is 4.94. The second kappa shape index (κ2) is 5.21. The lowest BCUT2D eigenvalue weighted by molar-refractivity contribution is -0.125. The van der Waals surface area contributed by atoms with Gasteiger partial charge in [0.1, 0.15) is 5.75 Å². The molecule has 1 N–H and O–H groups in total. The van der Waals surface area contributed by atoms with Gasteiger partial charge in [-0.05, 0) is 23.6 Å². The molecule has 0 spiro atoms. The molecule has 96 valence electrons. The Morgan fingerprint density at radius 1 is 1.28 bits per heavy atom. The van der Waals surface area contributed by atoms with Crippen LogP contribution in [0.5, 0.6) is 5.75 Å². The molecule has 1 fully saturated rings. The van der Waals surface area contributed by atoms with Gasteiger partial charge in [-0.25, -0.2) is 0 Å². The third-order valence-corrected chi connectivity index (χ3v) is 2.83. The smallest absolute Gasteiger partial charge is 0.234 e. The van der Waals surface area contributed by atoms with Gasteiger partial charge in [-0.15, -0.1) is 0 Å². The molecule has 0 radical (unpaired) electrons. The lowest BCUT2D eigenvalue weighted by Crippen LogP contribution is -2.21. The third-order valence-electron chi connectivity index (χ3n) is 2.83. The third kappa shape index (κ3) is 2.88. The van der Waals surface area contributed by atoms with Crippen molar-refractivity contribution in [3.63, 3.8) is 0 Å². The number of amides is 2. The zero-order chi connectivity index (χ0) is 13.1. The summed E-state index contributed by atoms with van der Waals surface area (Å²) in [5.74, 6) is 0.498. The second-order valence-corrected chi connectivity index (χ2v) is 4.94. The van der Waals surface area contributed by atoms with Gasteiger partial charge in [-0.3, -0.25) is 14.9 Å². The highest BCUT2D eigenvalue weighted by atomic mass is 16.5. The molecule has 0 aliphatic carbocycles. The Kier molecular flexibility index (Phi) is 3.65. The van der Waals surface area contributed by atoms with Crippen molar-refractivity contribution in [1.82, 2.24) is 5.32 Å². The predicted molar refractivity (Wildman–Crippen MR) is 67.3 cm³/mol. The molecule has 2 amide bonds. The predicted octanol–water partition coefficient (Wildman–Crippen LogP) is 1.85. The maximum Gasteiger partial charge on any atom is 0.234 e. The van der Waals surface area contributed by atoms with E-state index in [1.54, 1.807) is 0 Å². The fourth-order valence-corrected chi connectivity index (χ4v) is 1.88. The molecule has 1 atom stereocenters. The Hall–Kier alpha value is -1.84. The Labute approximate surface area is 106 Å². The monoisotopic (exact) mass is 247 g/mol. The van der Waals surface area contributed by atoms with Crippen LogP contribution in [0.15, 0.2) is 24.3 Å². The Balaban J connectivity index is 2.03. The fourth-order valence-electron chi connectivity index (χ4n) is 1.88. The number of benzene rings is 1. The van der Waals surface area contributed by atoms with E-state index in [1.807, 2.05) is 24.3 Å². The Bertz CT molecular complexity index is 451. The molecule has 4 nitrogen and oxygen atoms in total. The van der Waals surface area contributed by atoms with E-state index >= 15 is 0 Å². The number of rotatable bonds is 4. The minimum Gasteiger partial charge on any atom is -0.493 e. The molecule has 1 unspecified atom stereocenters. The van der Waals surface area contributed by atoms with Crippen molar-refractivity contribution >= 4 is 11.8 Å². The van der Waals surface area contributed by atoms with E-state index in [1.165, 1.54) is 0 Å². The highest BCUT2D eigenvalue weighted by Crippen LogP contribution is 2.26. The molecular weight excluding hydrogens is 230 g/mol. The van der Waals surface area contributed by atoms with Crippen molar-refractivity contribution in [3.8, 4) is 5.75 Å². The van der Waals surface area contributed by atoms with Crippen LogP contribution in [0.3, 0.4) is 0 Å². The first-order chi connectivity index (χ1) is 8.56. The van der Waals surface area contributed by atoms with Crippen molar-refractivity contribution in [3.05, 3.63) is 29.8 Å². The maximum absolute atomic E-state index is 11.5. The number of nitrogens with one attached hydrogen (secondary N) is 1. The number of imide groups is 1. The SMILES string of the molecule is CC(C)COc1ccc(C2CC(=O)NC2=O)cc1. The van der Waals surface area contributed by atoms with Crippen LogP contribution < -0.4 is 10.1 Å². The van der Waals surface area contributed by atoms with E-state index < -0.39 is 0 Å². The van der Waals surface area contributed by atoms with E-state index in [0.29, 0.717) is 12.5 Å². The number of hydrogen-bond acceptors (Lipinski definition) is 3. The van der Waals surface area contributed by atoms with Crippen molar-refractivity contribution in [1.29, 1.82) is 0 Å². The number of hydrogen-bond donors (Lipinski definition) is 1. The van der Waals surface area contributed by atoms with Crippen LogP contribution in [0.1, 0.15) is 31.7 Å². The van der Waals surface area contributed by atoms with E-state index in [4.69, 9.17) is 4.74 Å². The standard InChI is InChI=1S/C14H17NO3/c1-9(2)8-18-11-5-3-10(4-6-11)12-7-13(16)15-14(12)17/h3-6,9,12H,7-8H2,1-2H3,(H,15,16,17). The van der Waals surface area contributed by atoms with Gasteiger partial charge in [0, 0.05) is 6.42 Å². The van der Waals surface area contributed by atoms with Gasteiger partial charge >= 0.3 is 0 Å².